The fourth-order valence-electron chi connectivity index (χ4n) is 2.88. The molecule has 2 heterocycles. The number of halogens is 4. The number of likely N-dealkylation sites (tertiary alicyclic amines) is 1. The first-order valence-electron chi connectivity index (χ1n) is 7.52. The largest absolute Gasteiger partial charge is 0.432 e. The SMILES string of the molecule is O=C(c1ccccc1Cl)N1CCC[C@@H](c2ncc(C(F)(F)F)[nH]2)C1. The molecule has 0 unspecified atom stereocenters. The van der Waals surface area contributed by atoms with Crippen LogP contribution in [0.3, 0.4) is 0 Å². The summed E-state index contributed by atoms with van der Waals surface area (Å²) in [5.41, 5.74) is -0.470. The molecule has 24 heavy (non-hydrogen) atoms. The third-order valence-corrected chi connectivity index (χ3v) is 4.43. The molecule has 1 N–H and O–H groups in total. The van der Waals surface area contributed by atoms with E-state index in [1.165, 1.54) is 0 Å². The van der Waals surface area contributed by atoms with E-state index in [1.807, 2.05) is 0 Å². The van der Waals surface area contributed by atoms with E-state index in [2.05, 4.69) is 9.97 Å². The van der Waals surface area contributed by atoms with Crippen molar-refractivity contribution in [2.75, 3.05) is 13.1 Å². The van der Waals surface area contributed by atoms with Crippen LogP contribution in [0.15, 0.2) is 30.5 Å². The average Bonchev–Trinajstić information content (AvgIpc) is 3.05. The molecule has 3 rings (SSSR count). The van der Waals surface area contributed by atoms with Crippen molar-refractivity contribution in [2.24, 2.45) is 0 Å². The number of nitrogens with zero attached hydrogens (tertiary/aromatic N) is 2. The van der Waals surface area contributed by atoms with E-state index in [1.54, 1.807) is 29.2 Å². The van der Waals surface area contributed by atoms with Gasteiger partial charge in [-0.15, -0.1) is 0 Å². The summed E-state index contributed by atoms with van der Waals surface area (Å²) < 4.78 is 38.1. The molecule has 0 radical (unpaired) electrons. The maximum Gasteiger partial charge on any atom is 0.432 e. The van der Waals surface area contributed by atoms with E-state index in [0.717, 1.165) is 6.20 Å². The predicted octanol–water partition coefficient (Wildman–Crippen LogP) is 4.10. The third-order valence-electron chi connectivity index (χ3n) is 4.10. The molecule has 1 atom stereocenters. The van der Waals surface area contributed by atoms with Gasteiger partial charge in [-0.2, -0.15) is 13.2 Å². The van der Waals surface area contributed by atoms with Crippen molar-refractivity contribution in [1.29, 1.82) is 0 Å². The Hall–Kier alpha value is -2.02. The highest BCUT2D eigenvalue weighted by Crippen LogP contribution is 2.31. The molecule has 0 bridgehead atoms. The van der Waals surface area contributed by atoms with Gasteiger partial charge in [0, 0.05) is 19.0 Å². The number of aromatic amines is 1. The molecule has 1 amide bonds. The number of aromatic nitrogens is 2. The Balaban J connectivity index is 1.76. The Morgan fingerprint density at radius 1 is 1.33 bits per heavy atom. The normalized spacial score (nSPS) is 18.7. The fourth-order valence-corrected chi connectivity index (χ4v) is 3.09. The zero-order valence-corrected chi connectivity index (χ0v) is 13.4. The van der Waals surface area contributed by atoms with Gasteiger partial charge >= 0.3 is 6.18 Å². The number of benzene rings is 1. The van der Waals surface area contributed by atoms with Gasteiger partial charge in [0.2, 0.25) is 0 Å². The minimum atomic E-state index is -4.45. The van der Waals surface area contributed by atoms with Gasteiger partial charge in [0.1, 0.15) is 11.5 Å². The summed E-state index contributed by atoms with van der Waals surface area (Å²) in [7, 11) is 0. The van der Waals surface area contributed by atoms with Crippen LogP contribution in [0.5, 0.6) is 0 Å². The topological polar surface area (TPSA) is 49.0 Å². The number of hydrogen-bond acceptors (Lipinski definition) is 2. The summed E-state index contributed by atoms with van der Waals surface area (Å²) in [4.78, 5) is 20.4. The highest BCUT2D eigenvalue weighted by atomic mass is 35.5. The smallest absolute Gasteiger partial charge is 0.338 e. The quantitative estimate of drug-likeness (QED) is 0.879. The number of carbonyl (C=O) groups is 1. The van der Waals surface area contributed by atoms with Crippen molar-refractivity contribution in [2.45, 2.75) is 24.9 Å². The van der Waals surface area contributed by atoms with Crippen molar-refractivity contribution in [3.8, 4) is 0 Å². The number of amides is 1. The molecule has 0 spiro atoms. The van der Waals surface area contributed by atoms with Crippen molar-refractivity contribution in [3.63, 3.8) is 0 Å². The maximum absolute atomic E-state index is 12.7. The lowest BCUT2D eigenvalue weighted by molar-refractivity contribution is -0.141. The second kappa shape index (κ2) is 6.47. The van der Waals surface area contributed by atoms with E-state index in [9.17, 15) is 18.0 Å². The second-order valence-corrected chi connectivity index (χ2v) is 6.16. The van der Waals surface area contributed by atoms with Gasteiger partial charge in [-0.25, -0.2) is 4.98 Å². The summed E-state index contributed by atoms with van der Waals surface area (Å²) in [6, 6.07) is 6.74. The molecule has 0 aliphatic carbocycles. The number of H-pyrrole nitrogens is 1. The first kappa shape index (κ1) is 16.8. The summed E-state index contributed by atoms with van der Waals surface area (Å²) in [5.74, 6) is -0.201. The van der Waals surface area contributed by atoms with E-state index >= 15 is 0 Å². The maximum atomic E-state index is 12.7. The van der Waals surface area contributed by atoms with Crippen molar-refractivity contribution < 1.29 is 18.0 Å². The van der Waals surface area contributed by atoms with Crippen LogP contribution in [0.1, 0.15) is 40.6 Å². The second-order valence-electron chi connectivity index (χ2n) is 5.75. The Morgan fingerprint density at radius 3 is 2.75 bits per heavy atom. The summed E-state index contributed by atoms with van der Waals surface area (Å²) in [6.45, 7) is 0.863. The molecule has 1 fully saturated rings. The molecule has 1 aliphatic rings. The highest BCUT2D eigenvalue weighted by Gasteiger charge is 2.35. The van der Waals surface area contributed by atoms with Crippen LogP contribution in [0.4, 0.5) is 13.2 Å². The predicted molar refractivity (Wildman–Crippen MR) is 82.9 cm³/mol. The number of rotatable bonds is 2. The van der Waals surface area contributed by atoms with E-state index in [0.29, 0.717) is 36.5 Å². The van der Waals surface area contributed by atoms with Gasteiger partial charge in [0.15, 0.2) is 0 Å². The van der Waals surface area contributed by atoms with Crippen LogP contribution >= 0.6 is 11.6 Å². The van der Waals surface area contributed by atoms with E-state index in [-0.39, 0.29) is 17.6 Å². The lowest BCUT2D eigenvalue weighted by Gasteiger charge is -2.32. The highest BCUT2D eigenvalue weighted by molar-refractivity contribution is 6.33. The van der Waals surface area contributed by atoms with Gasteiger partial charge in [-0.3, -0.25) is 4.79 Å². The van der Waals surface area contributed by atoms with Crippen LogP contribution in [0.25, 0.3) is 0 Å². The lowest BCUT2D eigenvalue weighted by atomic mass is 9.96. The van der Waals surface area contributed by atoms with Gasteiger partial charge in [0.25, 0.3) is 5.91 Å². The molecule has 4 nitrogen and oxygen atoms in total. The third kappa shape index (κ3) is 3.40. The van der Waals surface area contributed by atoms with Crippen LogP contribution in [-0.4, -0.2) is 33.9 Å². The standard InChI is InChI=1S/C16H15ClF3N3O/c17-12-6-2-1-5-11(12)15(24)23-7-3-4-10(9-23)14-21-8-13(22-14)16(18,19)20/h1-2,5-6,8,10H,3-4,7,9H2,(H,21,22)/t10-/m1/s1. The van der Waals surface area contributed by atoms with E-state index in [4.69, 9.17) is 11.6 Å². The minimum absolute atomic E-state index is 0.215. The van der Waals surface area contributed by atoms with Gasteiger partial charge in [0.05, 0.1) is 16.8 Å². The number of imidazole rings is 1. The Morgan fingerprint density at radius 2 is 2.08 bits per heavy atom. The summed E-state index contributed by atoms with van der Waals surface area (Å²) in [5, 5.41) is 0.363. The van der Waals surface area contributed by atoms with Gasteiger partial charge in [-0.05, 0) is 25.0 Å². The number of carbonyl (C=O) groups excluding carboxylic acids is 1. The molecule has 2 aromatic rings. The molecule has 1 aromatic carbocycles. The van der Waals surface area contributed by atoms with Crippen LogP contribution in [0.2, 0.25) is 5.02 Å². The number of nitrogens with one attached hydrogen (secondary N) is 1. The monoisotopic (exact) mass is 357 g/mol. The first-order valence-corrected chi connectivity index (χ1v) is 7.90. The molecule has 8 heteroatoms. The first-order chi connectivity index (χ1) is 11.4. The lowest BCUT2D eigenvalue weighted by Crippen LogP contribution is -2.39. The average molecular weight is 358 g/mol. The minimum Gasteiger partial charge on any atom is -0.338 e. The van der Waals surface area contributed by atoms with Crippen LogP contribution < -0.4 is 0 Å². The van der Waals surface area contributed by atoms with Crippen LogP contribution in [0, 0.1) is 0 Å². The van der Waals surface area contributed by atoms with Crippen LogP contribution in [-0.2, 0) is 6.18 Å². The molecular weight excluding hydrogens is 343 g/mol. The molecule has 0 saturated carbocycles. The van der Waals surface area contributed by atoms with Crippen molar-refractivity contribution in [3.05, 3.63) is 52.6 Å². The van der Waals surface area contributed by atoms with Crippen molar-refractivity contribution >= 4 is 17.5 Å². The van der Waals surface area contributed by atoms with E-state index < -0.39 is 11.9 Å². The molecule has 128 valence electrons. The number of piperidine rings is 1. The number of alkyl halides is 3. The Kier molecular flexibility index (Phi) is 4.54. The zero-order chi connectivity index (χ0) is 17.3. The molecule has 1 aliphatic heterocycles. The Labute approximate surface area is 141 Å². The van der Waals surface area contributed by atoms with Gasteiger partial charge in [-0.1, -0.05) is 23.7 Å². The summed E-state index contributed by atoms with van der Waals surface area (Å²) >= 11 is 6.05. The molecule has 1 aromatic heterocycles. The molecule has 1 saturated heterocycles. The van der Waals surface area contributed by atoms with Crippen molar-refractivity contribution in [1.82, 2.24) is 14.9 Å². The van der Waals surface area contributed by atoms with Gasteiger partial charge < -0.3 is 9.88 Å². The Bertz CT molecular complexity index is 744. The number of hydrogen-bond donors (Lipinski definition) is 1. The fraction of sp³-hybridized carbons (Fsp3) is 0.375. The zero-order valence-electron chi connectivity index (χ0n) is 12.6. The molecular formula is C16H15ClF3N3O. The summed E-state index contributed by atoms with van der Waals surface area (Å²) in [6.07, 6.45) is -2.28.